The summed E-state index contributed by atoms with van der Waals surface area (Å²) in [5.41, 5.74) is 0.991. The van der Waals surface area contributed by atoms with Crippen molar-refractivity contribution >= 4 is 11.8 Å². The summed E-state index contributed by atoms with van der Waals surface area (Å²) in [5, 5.41) is 2.98. The van der Waals surface area contributed by atoms with E-state index in [2.05, 4.69) is 5.32 Å². The molecule has 1 fully saturated rings. The number of ether oxygens (including phenoxy) is 1. The SMILES string of the molecule is CC(C(=O)N1CCCC2(CNC(=O)c3ccccc3O2)C1)c1ccccc1. The van der Waals surface area contributed by atoms with Gasteiger partial charge in [0.15, 0.2) is 0 Å². The topological polar surface area (TPSA) is 58.6 Å². The molecule has 2 aliphatic heterocycles. The molecular weight excluding hydrogens is 340 g/mol. The third kappa shape index (κ3) is 3.42. The molecule has 5 nitrogen and oxygen atoms in total. The number of hydrogen-bond donors (Lipinski definition) is 1. The van der Waals surface area contributed by atoms with Crippen LogP contribution in [0.1, 0.15) is 41.6 Å². The van der Waals surface area contributed by atoms with Crippen molar-refractivity contribution in [2.24, 2.45) is 0 Å². The first-order chi connectivity index (χ1) is 13.1. The quantitative estimate of drug-likeness (QED) is 0.891. The number of rotatable bonds is 2. The lowest BCUT2D eigenvalue weighted by molar-refractivity contribution is -0.138. The maximum Gasteiger partial charge on any atom is 0.255 e. The van der Waals surface area contributed by atoms with Crippen molar-refractivity contribution in [2.45, 2.75) is 31.3 Å². The van der Waals surface area contributed by atoms with Gasteiger partial charge >= 0.3 is 0 Å². The van der Waals surface area contributed by atoms with Crippen molar-refractivity contribution in [1.82, 2.24) is 10.2 Å². The first-order valence-electron chi connectivity index (χ1n) is 9.48. The van der Waals surface area contributed by atoms with Gasteiger partial charge < -0.3 is 15.0 Å². The molecule has 27 heavy (non-hydrogen) atoms. The maximum absolute atomic E-state index is 13.1. The van der Waals surface area contributed by atoms with Gasteiger partial charge in [-0.3, -0.25) is 9.59 Å². The van der Waals surface area contributed by atoms with Crippen LogP contribution < -0.4 is 10.1 Å². The molecule has 2 aromatic carbocycles. The second-order valence-electron chi connectivity index (χ2n) is 7.46. The van der Waals surface area contributed by atoms with Crippen LogP contribution in [0.3, 0.4) is 0 Å². The Hall–Kier alpha value is -2.82. The molecule has 0 saturated carbocycles. The van der Waals surface area contributed by atoms with Crippen LogP contribution >= 0.6 is 0 Å². The first-order valence-corrected chi connectivity index (χ1v) is 9.48. The largest absolute Gasteiger partial charge is 0.483 e. The van der Waals surface area contributed by atoms with E-state index in [1.807, 2.05) is 60.4 Å². The number of carbonyl (C=O) groups is 2. The molecule has 5 heteroatoms. The van der Waals surface area contributed by atoms with E-state index in [0.29, 0.717) is 24.4 Å². The maximum atomic E-state index is 13.1. The summed E-state index contributed by atoms with van der Waals surface area (Å²) < 4.78 is 6.34. The minimum atomic E-state index is -0.577. The molecule has 2 amide bonds. The highest BCUT2D eigenvalue weighted by Crippen LogP contribution is 2.33. The Labute approximate surface area is 159 Å². The van der Waals surface area contributed by atoms with Crippen molar-refractivity contribution in [2.75, 3.05) is 19.6 Å². The molecule has 2 aromatic rings. The number of likely N-dealkylation sites (tertiary alicyclic amines) is 1. The van der Waals surface area contributed by atoms with E-state index in [-0.39, 0.29) is 17.7 Å². The van der Waals surface area contributed by atoms with Gasteiger partial charge in [0.2, 0.25) is 5.91 Å². The molecule has 140 valence electrons. The summed E-state index contributed by atoms with van der Waals surface area (Å²) in [6.45, 7) is 3.56. The molecule has 2 aliphatic rings. The Morgan fingerprint density at radius 2 is 1.89 bits per heavy atom. The Kier molecular flexibility index (Phi) is 4.60. The fraction of sp³-hybridized carbons (Fsp3) is 0.364. The predicted molar refractivity (Wildman–Crippen MR) is 103 cm³/mol. The van der Waals surface area contributed by atoms with Gasteiger partial charge in [0.05, 0.1) is 24.6 Å². The van der Waals surface area contributed by atoms with Crippen LogP contribution in [0.25, 0.3) is 0 Å². The molecule has 1 N–H and O–H groups in total. The third-order valence-electron chi connectivity index (χ3n) is 5.55. The Bertz CT molecular complexity index is 852. The summed E-state index contributed by atoms with van der Waals surface area (Å²) in [7, 11) is 0. The lowest BCUT2D eigenvalue weighted by atomic mass is 9.90. The molecule has 1 spiro atoms. The Morgan fingerprint density at radius 1 is 1.15 bits per heavy atom. The van der Waals surface area contributed by atoms with Crippen LogP contribution in [0, 0.1) is 0 Å². The zero-order valence-corrected chi connectivity index (χ0v) is 15.5. The zero-order valence-electron chi connectivity index (χ0n) is 15.5. The van der Waals surface area contributed by atoms with E-state index >= 15 is 0 Å². The predicted octanol–water partition coefficient (Wildman–Crippen LogP) is 2.97. The molecule has 0 aromatic heterocycles. The van der Waals surface area contributed by atoms with Crippen molar-refractivity contribution in [3.8, 4) is 5.75 Å². The van der Waals surface area contributed by atoms with E-state index in [1.54, 1.807) is 6.07 Å². The zero-order chi connectivity index (χ0) is 18.9. The lowest BCUT2D eigenvalue weighted by Crippen LogP contribution is -2.58. The second-order valence-corrected chi connectivity index (χ2v) is 7.46. The number of hydrogen-bond acceptors (Lipinski definition) is 3. The molecular formula is C22H24N2O3. The summed E-state index contributed by atoms with van der Waals surface area (Å²) >= 11 is 0. The standard InChI is InChI=1S/C22H24N2O3/c1-16(17-8-3-2-4-9-17)21(26)24-13-7-12-22(15-24)14-23-20(25)18-10-5-6-11-19(18)27-22/h2-6,8-11,16H,7,12-15H2,1H3,(H,23,25). The van der Waals surface area contributed by atoms with Gasteiger partial charge in [-0.1, -0.05) is 42.5 Å². The van der Waals surface area contributed by atoms with Crippen LogP contribution in [-0.4, -0.2) is 41.9 Å². The summed E-state index contributed by atoms with van der Waals surface area (Å²) in [6, 6.07) is 17.1. The van der Waals surface area contributed by atoms with E-state index in [1.165, 1.54) is 0 Å². The number of nitrogens with one attached hydrogen (secondary N) is 1. The summed E-state index contributed by atoms with van der Waals surface area (Å²) in [5.74, 6) is 0.378. The van der Waals surface area contributed by atoms with Crippen LogP contribution in [-0.2, 0) is 4.79 Å². The van der Waals surface area contributed by atoms with E-state index < -0.39 is 5.60 Å². The van der Waals surface area contributed by atoms with E-state index in [9.17, 15) is 9.59 Å². The van der Waals surface area contributed by atoms with Gasteiger partial charge in [0.1, 0.15) is 11.4 Å². The smallest absolute Gasteiger partial charge is 0.255 e. The molecule has 0 radical (unpaired) electrons. The van der Waals surface area contributed by atoms with Crippen molar-refractivity contribution < 1.29 is 14.3 Å². The fourth-order valence-electron chi connectivity index (χ4n) is 4.02. The Balaban J connectivity index is 1.56. The van der Waals surface area contributed by atoms with Crippen molar-refractivity contribution in [3.05, 3.63) is 65.7 Å². The van der Waals surface area contributed by atoms with Crippen LogP contribution in [0.5, 0.6) is 5.75 Å². The van der Waals surface area contributed by atoms with Gasteiger partial charge in [0.25, 0.3) is 5.91 Å². The van der Waals surface area contributed by atoms with Crippen LogP contribution in [0.2, 0.25) is 0 Å². The van der Waals surface area contributed by atoms with E-state index in [4.69, 9.17) is 4.74 Å². The van der Waals surface area contributed by atoms with Gasteiger partial charge in [-0.25, -0.2) is 0 Å². The number of amides is 2. The highest BCUT2D eigenvalue weighted by atomic mass is 16.5. The minimum absolute atomic E-state index is 0.104. The monoisotopic (exact) mass is 364 g/mol. The second kappa shape index (κ2) is 7.06. The third-order valence-corrected chi connectivity index (χ3v) is 5.55. The fourth-order valence-corrected chi connectivity index (χ4v) is 4.02. The number of nitrogens with zero attached hydrogens (tertiary/aromatic N) is 1. The number of benzene rings is 2. The molecule has 0 bridgehead atoms. The molecule has 2 unspecified atom stereocenters. The average Bonchev–Trinajstić information content (AvgIpc) is 2.84. The van der Waals surface area contributed by atoms with Crippen molar-refractivity contribution in [1.29, 1.82) is 0 Å². The van der Waals surface area contributed by atoms with Crippen molar-refractivity contribution in [3.63, 3.8) is 0 Å². The van der Waals surface area contributed by atoms with Crippen LogP contribution in [0.4, 0.5) is 0 Å². The number of para-hydroxylation sites is 1. The molecule has 0 aliphatic carbocycles. The van der Waals surface area contributed by atoms with Crippen LogP contribution in [0.15, 0.2) is 54.6 Å². The van der Waals surface area contributed by atoms with Gasteiger partial charge in [0, 0.05) is 6.54 Å². The lowest BCUT2D eigenvalue weighted by Gasteiger charge is -2.42. The number of carbonyl (C=O) groups excluding carboxylic acids is 2. The number of piperidine rings is 1. The molecule has 2 atom stereocenters. The molecule has 4 rings (SSSR count). The minimum Gasteiger partial charge on any atom is -0.483 e. The highest BCUT2D eigenvalue weighted by molar-refractivity contribution is 5.97. The molecule has 1 saturated heterocycles. The van der Waals surface area contributed by atoms with Gasteiger partial charge in [-0.2, -0.15) is 0 Å². The highest BCUT2D eigenvalue weighted by Gasteiger charge is 2.42. The average molecular weight is 364 g/mol. The number of fused-ring (bicyclic) bond motifs is 1. The summed E-state index contributed by atoms with van der Waals surface area (Å²) in [4.78, 5) is 27.4. The molecule has 2 heterocycles. The summed E-state index contributed by atoms with van der Waals surface area (Å²) in [6.07, 6.45) is 1.66. The normalized spacial score (nSPS) is 23.0. The van der Waals surface area contributed by atoms with Gasteiger partial charge in [-0.15, -0.1) is 0 Å². The van der Waals surface area contributed by atoms with Gasteiger partial charge in [-0.05, 0) is 37.5 Å². The Morgan fingerprint density at radius 3 is 2.70 bits per heavy atom. The first kappa shape index (κ1) is 17.6. The van der Waals surface area contributed by atoms with E-state index in [0.717, 1.165) is 24.9 Å².